The van der Waals surface area contributed by atoms with Crippen molar-refractivity contribution in [2.45, 2.75) is 6.42 Å². The van der Waals surface area contributed by atoms with Gasteiger partial charge in [0.15, 0.2) is 0 Å². The molecule has 1 saturated heterocycles. The Bertz CT molecular complexity index is 817. The van der Waals surface area contributed by atoms with Crippen LogP contribution in [0.2, 0.25) is 0 Å². The largest absolute Gasteiger partial charge is 0.508 e. The minimum Gasteiger partial charge on any atom is -0.508 e. The van der Waals surface area contributed by atoms with E-state index in [1.165, 1.54) is 24.3 Å². The molecule has 1 aliphatic heterocycles. The maximum atomic E-state index is 12.5. The molecule has 1 aromatic rings. The van der Waals surface area contributed by atoms with E-state index in [2.05, 4.69) is 10.6 Å². The third-order valence-electron chi connectivity index (χ3n) is 5.46. The van der Waals surface area contributed by atoms with E-state index >= 15 is 0 Å². The lowest BCUT2D eigenvalue weighted by atomic mass is 9.85. The van der Waals surface area contributed by atoms with Crippen LogP contribution in [-0.4, -0.2) is 46.7 Å². The molecule has 4 atom stereocenters. The number of amides is 4. The summed E-state index contributed by atoms with van der Waals surface area (Å²) in [6.07, 6.45) is 4.83. The van der Waals surface area contributed by atoms with Crippen LogP contribution < -0.4 is 10.6 Å². The molecule has 3 N–H and O–H groups in total. The van der Waals surface area contributed by atoms with E-state index < -0.39 is 11.8 Å². The Balaban J connectivity index is 1.28. The molecule has 1 aromatic carbocycles. The number of rotatable bonds is 5. The van der Waals surface area contributed by atoms with Gasteiger partial charge in [0.05, 0.1) is 18.4 Å². The molecule has 4 rings (SSSR count). The Kier molecular flexibility index (Phi) is 4.18. The summed E-state index contributed by atoms with van der Waals surface area (Å²) in [7, 11) is 0. The number of fused-ring (bicyclic) bond motifs is 5. The molecule has 140 valence electrons. The number of nitrogens with zero attached hydrogens (tertiary/aromatic N) is 1. The van der Waals surface area contributed by atoms with Gasteiger partial charge >= 0.3 is 0 Å². The van der Waals surface area contributed by atoms with Gasteiger partial charge in [0.2, 0.25) is 23.6 Å². The Morgan fingerprint density at radius 1 is 1.00 bits per heavy atom. The lowest BCUT2D eigenvalue weighted by Crippen LogP contribution is -2.43. The van der Waals surface area contributed by atoms with Gasteiger partial charge in [0.25, 0.3) is 0 Å². The van der Waals surface area contributed by atoms with E-state index in [1.807, 2.05) is 12.2 Å². The smallest absolute Gasteiger partial charge is 0.243 e. The molecule has 0 spiro atoms. The number of carbonyl (C=O) groups is 4. The van der Waals surface area contributed by atoms with Gasteiger partial charge in [0, 0.05) is 5.69 Å². The third-order valence-corrected chi connectivity index (χ3v) is 5.46. The molecule has 3 aliphatic rings. The summed E-state index contributed by atoms with van der Waals surface area (Å²) in [4.78, 5) is 50.0. The SMILES string of the molecule is O=C(CN1C(=O)[C@H]2[C@H](C1=O)[C@H]1C=C[C@H]2C1)NCC(=O)Nc1ccc(O)cc1. The number of likely N-dealkylation sites (tertiary alicyclic amines) is 1. The average Bonchev–Trinajstić information content (AvgIpc) is 3.32. The fourth-order valence-corrected chi connectivity index (χ4v) is 4.25. The second-order valence-electron chi connectivity index (χ2n) is 7.13. The predicted molar refractivity (Wildman–Crippen MR) is 94.2 cm³/mol. The quantitative estimate of drug-likeness (QED) is 0.391. The molecule has 1 saturated carbocycles. The number of allylic oxidation sites excluding steroid dienone is 2. The number of hydrogen-bond donors (Lipinski definition) is 3. The number of nitrogens with one attached hydrogen (secondary N) is 2. The van der Waals surface area contributed by atoms with Crippen molar-refractivity contribution in [2.75, 3.05) is 18.4 Å². The molecule has 8 heteroatoms. The normalized spacial score (nSPS) is 27.8. The zero-order valence-corrected chi connectivity index (χ0v) is 14.4. The molecule has 4 amide bonds. The number of phenolic OH excluding ortho intramolecular Hbond substituents is 1. The Hall–Kier alpha value is -3.16. The Morgan fingerprint density at radius 2 is 1.59 bits per heavy atom. The van der Waals surface area contributed by atoms with Crippen LogP contribution in [0.25, 0.3) is 0 Å². The van der Waals surface area contributed by atoms with Crippen molar-refractivity contribution < 1.29 is 24.3 Å². The van der Waals surface area contributed by atoms with Gasteiger partial charge in [-0.1, -0.05) is 12.2 Å². The summed E-state index contributed by atoms with van der Waals surface area (Å²) in [6.45, 7) is -0.647. The zero-order valence-electron chi connectivity index (χ0n) is 14.4. The maximum Gasteiger partial charge on any atom is 0.243 e. The molecule has 2 bridgehead atoms. The highest BCUT2D eigenvalue weighted by atomic mass is 16.3. The van der Waals surface area contributed by atoms with Crippen LogP contribution >= 0.6 is 0 Å². The van der Waals surface area contributed by atoms with Gasteiger partial charge in [0.1, 0.15) is 12.3 Å². The predicted octanol–water partition coefficient (Wildman–Crippen LogP) is 0.254. The van der Waals surface area contributed by atoms with E-state index in [0.717, 1.165) is 11.3 Å². The molecule has 0 radical (unpaired) electrons. The minimum atomic E-state index is -0.558. The van der Waals surface area contributed by atoms with Crippen LogP contribution in [0.15, 0.2) is 36.4 Å². The van der Waals surface area contributed by atoms with Crippen LogP contribution in [0.5, 0.6) is 5.75 Å². The maximum absolute atomic E-state index is 12.5. The van der Waals surface area contributed by atoms with Crippen molar-refractivity contribution in [3.05, 3.63) is 36.4 Å². The first-order valence-corrected chi connectivity index (χ1v) is 8.83. The molecular weight excluding hydrogens is 350 g/mol. The lowest BCUT2D eigenvalue weighted by molar-refractivity contribution is -0.144. The first-order chi connectivity index (χ1) is 12.9. The van der Waals surface area contributed by atoms with Gasteiger partial charge in [-0.05, 0) is 42.5 Å². The first kappa shape index (κ1) is 17.3. The van der Waals surface area contributed by atoms with E-state index in [4.69, 9.17) is 0 Å². The number of hydrogen-bond acceptors (Lipinski definition) is 5. The standard InChI is InChI=1S/C19H19N3O5/c23-13-5-3-12(4-6-13)21-14(24)8-20-15(25)9-22-18(26)16-10-1-2-11(7-10)17(16)19(22)27/h1-6,10-11,16-17,23H,7-9H2,(H,20,25)(H,21,24)/t10-,11-,16+,17+/m0/s1. The summed E-state index contributed by atoms with van der Waals surface area (Å²) < 4.78 is 0. The van der Waals surface area contributed by atoms with Gasteiger partial charge < -0.3 is 15.7 Å². The van der Waals surface area contributed by atoms with Crippen LogP contribution in [-0.2, 0) is 19.2 Å². The lowest BCUT2D eigenvalue weighted by Gasteiger charge is -2.16. The summed E-state index contributed by atoms with van der Waals surface area (Å²) in [5, 5.41) is 14.2. The van der Waals surface area contributed by atoms with Crippen molar-refractivity contribution in [3.8, 4) is 5.75 Å². The monoisotopic (exact) mass is 369 g/mol. The molecule has 27 heavy (non-hydrogen) atoms. The molecule has 0 aromatic heterocycles. The van der Waals surface area contributed by atoms with Crippen molar-refractivity contribution in [3.63, 3.8) is 0 Å². The van der Waals surface area contributed by atoms with Gasteiger partial charge in [-0.15, -0.1) is 0 Å². The van der Waals surface area contributed by atoms with Crippen molar-refractivity contribution in [1.29, 1.82) is 0 Å². The molecule has 1 heterocycles. The average molecular weight is 369 g/mol. The van der Waals surface area contributed by atoms with Crippen molar-refractivity contribution in [2.24, 2.45) is 23.7 Å². The number of anilines is 1. The van der Waals surface area contributed by atoms with Gasteiger partial charge in [-0.3, -0.25) is 24.1 Å². The topological polar surface area (TPSA) is 116 Å². The third kappa shape index (κ3) is 3.07. The van der Waals surface area contributed by atoms with Gasteiger partial charge in [-0.2, -0.15) is 0 Å². The summed E-state index contributed by atoms with van der Waals surface area (Å²) in [5.41, 5.74) is 0.479. The molecule has 8 nitrogen and oxygen atoms in total. The summed E-state index contributed by atoms with van der Waals surface area (Å²) in [5.74, 6) is -1.98. The second-order valence-corrected chi connectivity index (χ2v) is 7.13. The molecule has 2 aliphatic carbocycles. The van der Waals surface area contributed by atoms with Gasteiger partial charge in [-0.25, -0.2) is 0 Å². The molecular formula is C19H19N3O5. The first-order valence-electron chi connectivity index (χ1n) is 8.83. The Labute approximate surface area is 155 Å². The minimum absolute atomic E-state index is 0.0784. The van der Waals surface area contributed by atoms with E-state index in [0.29, 0.717) is 5.69 Å². The van der Waals surface area contributed by atoms with Crippen LogP contribution in [0, 0.1) is 23.7 Å². The number of carbonyl (C=O) groups excluding carboxylic acids is 4. The van der Waals surface area contributed by atoms with Crippen molar-refractivity contribution in [1.82, 2.24) is 10.2 Å². The zero-order chi connectivity index (χ0) is 19.1. The number of phenols is 1. The second kappa shape index (κ2) is 6.53. The summed E-state index contributed by atoms with van der Waals surface area (Å²) in [6, 6.07) is 5.91. The van der Waals surface area contributed by atoms with E-state index in [9.17, 15) is 24.3 Å². The number of aromatic hydroxyl groups is 1. The van der Waals surface area contributed by atoms with E-state index in [1.54, 1.807) is 0 Å². The highest BCUT2D eigenvalue weighted by molar-refractivity contribution is 6.08. The van der Waals surface area contributed by atoms with Crippen LogP contribution in [0.1, 0.15) is 6.42 Å². The molecule has 2 fully saturated rings. The van der Waals surface area contributed by atoms with Crippen LogP contribution in [0.4, 0.5) is 5.69 Å². The highest BCUT2D eigenvalue weighted by Gasteiger charge is 2.59. The number of benzene rings is 1. The number of imide groups is 1. The highest BCUT2D eigenvalue weighted by Crippen LogP contribution is 2.52. The van der Waals surface area contributed by atoms with Crippen molar-refractivity contribution >= 4 is 29.3 Å². The molecule has 0 unspecified atom stereocenters. The van der Waals surface area contributed by atoms with Crippen LogP contribution in [0.3, 0.4) is 0 Å². The Morgan fingerprint density at radius 3 is 2.19 bits per heavy atom. The fourth-order valence-electron chi connectivity index (χ4n) is 4.25. The fraction of sp³-hybridized carbons (Fsp3) is 0.368. The summed E-state index contributed by atoms with van der Waals surface area (Å²) >= 11 is 0. The van der Waals surface area contributed by atoms with E-state index in [-0.39, 0.29) is 54.3 Å².